The Hall–Kier alpha value is -2.32. The number of alkyl halides is 3. The third kappa shape index (κ3) is 2.50. The fourth-order valence-electron chi connectivity index (χ4n) is 2.30. The van der Waals surface area contributed by atoms with Crippen molar-refractivity contribution in [3.63, 3.8) is 0 Å². The van der Waals surface area contributed by atoms with Gasteiger partial charge in [-0.1, -0.05) is 6.07 Å². The van der Waals surface area contributed by atoms with Crippen LogP contribution < -0.4 is 10.2 Å². The third-order valence-electron chi connectivity index (χ3n) is 3.32. The van der Waals surface area contributed by atoms with Crippen molar-refractivity contribution >= 4 is 11.6 Å². The van der Waals surface area contributed by atoms with E-state index in [-0.39, 0.29) is 13.1 Å². The van der Waals surface area contributed by atoms with Crippen molar-refractivity contribution in [2.75, 3.05) is 23.8 Å². The molecule has 112 valence electrons. The van der Waals surface area contributed by atoms with E-state index in [1.54, 1.807) is 7.05 Å². The van der Waals surface area contributed by atoms with Crippen LogP contribution in [0.15, 0.2) is 18.2 Å². The minimum Gasteiger partial charge on any atom is -0.373 e. The highest BCUT2D eigenvalue weighted by atomic mass is 19.4. The van der Waals surface area contributed by atoms with Crippen LogP contribution in [-0.4, -0.2) is 33.3 Å². The topological polar surface area (TPSA) is 58.9 Å². The molecule has 3 heterocycles. The second kappa shape index (κ2) is 4.90. The number of nitrogens with one attached hydrogen (secondary N) is 1. The number of hydrogen-bond acceptors (Lipinski definition) is 5. The first-order chi connectivity index (χ1) is 9.99. The highest BCUT2D eigenvalue weighted by Crippen LogP contribution is 2.30. The zero-order valence-electron chi connectivity index (χ0n) is 11.2. The summed E-state index contributed by atoms with van der Waals surface area (Å²) in [6.07, 6.45) is -4.47. The number of pyridine rings is 1. The molecule has 1 aliphatic heterocycles. The van der Waals surface area contributed by atoms with Gasteiger partial charge in [-0.05, 0) is 12.1 Å². The van der Waals surface area contributed by atoms with Gasteiger partial charge in [0.2, 0.25) is 5.82 Å². The summed E-state index contributed by atoms with van der Waals surface area (Å²) in [7, 11) is 1.76. The molecule has 21 heavy (non-hydrogen) atoms. The summed E-state index contributed by atoms with van der Waals surface area (Å²) >= 11 is 0. The van der Waals surface area contributed by atoms with Crippen molar-refractivity contribution < 1.29 is 13.2 Å². The second-order valence-corrected chi connectivity index (χ2v) is 4.64. The molecule has 1 aliphatic rings. The standard InChI is InChI=1S/C12H13F3N6/c1-16-8-3-2-4-9(17-8)20-5-6-21-10(7-20)18-19-11(21)12(13,14)15/h2-4H,5-7H2,1H3,(H,16,17). The van der Waals surface area contributed by atoms with E-state index in [2.05, 4.69) is 20.5 Å². The Labute approximate surface area is 118 Å². The highest BCUT2D eigenvalue weighted by molar-refractivity contribution is 5.47. The van der Waals surface area contributed by atoms with Crippen LogP contribution in [0.25, 0.3) is 0 Å². The zero-order chi connectivity index (χ0) is 15.0. The van der Waals surface area contributed by atoms with Crippen molar-refractivity contribution in [1.82, 2.24) is 19.7 Å². The van der Waals surface area contributed by atoms with Gasteiger partial charge in [0.15, 0.2) is 5.82 Å². The molecule has 0 aromatic carbocycles. The lowest BCUT2D eigenvalue weighted by atomic mass is 10.3. The highest BCUT2D eigenvalue weighted by Gasteiger charge is 2.39. The van der Waals surface area contributed by atoms with Gasteiger partial charge in [-0.25, -0.2) is 4.98 Å². The lowest BCUT2D eigenvalue weighted by Gasteiger charge is -2.29. The van der Waals surface area contributed by atoms with Gasteiger partial charge in [-0.15, -0.1) is 10.2 Å². The predicted octanol–water partition coefficient (Wildman–Crippen LogP) is 1.75. The number of aromatic nitrogens is 4. The molecule has 0 unspecified atom stereocenters. The average Bonchev–Trinajstić information content (AvgIpc) is 2.90. The normalized spacial score (nSPS) is 15.0. The van der Waals surface area contributed by atoms with Crippen LogP contribution in [0.5, 0.6) is 0 Å². The van der Waals surface area contributed by atoms with Crippen LogP contribution in [-0.2, 0) is 19.3 Å². The van der Waals surface area contributed by atoms with Crippen molar-refractivity contribution in [3.8, 4) is 0 Å². The monoisotopic (exact) mass is 298 g/mol. The molecule has 3 rings (SSSR count). The Bertz CT molecular complexity index is 651. The number of halogens is 3. The fraction of sp³-hybridized carbons (Fsp3) is 0.417. The van der Waals surface area contributed by atoms with E-state index in [0.717, 1.165) is 4.57 Å². The lowest BCUT2D eigenvalue weighted by molar-refractivity contribution is -0.147. The maximum Gasteiger partial charge on any atom is 0.451 e. The van der Waals surface area contributed by atoms with Gasteiger partial charge in [-0.2, -0.15) is 13.2 Å². The van der Waals surface area contributed by atoms with Crippen LogP contribution >= 0.6 is 0 Å². The Kier molecular flexibility index (Phi) is 3.19. The largest absolute Gasteiger partial charge is 0.451 e. The van der Waals surface area contributed by atoms with Crippen molar-refractivity contribution in [2.24, 2.45) is 0 Å². The lowest BCUT2D eigenvalue weighted by Crippen LogP contribution is -2.35. The Morgan fingerprint density at radius 3 is 2.71 bits per heavy atom. The van der Waals surface area contributed by atoms with Gasteiger partial charge in [0.25, 0.3) is 0 Å². The molecule has 0 bridgehead atoms. The Balaban J connectivity index is 1.86. The van der Waals surface area contributed by atoms with Gasteiger partial charge in [0.05, 0.1) is 6.54 Å². The van der Waals surface area contributed by atoms with Gasteiger partial charge >= 0.3 is 6.18 Å². The molecule has 1 N–H and O–H groups in total. The molecule has 0 amide bonds. The molecule has 0 saturated heterocycles. The van der Waals surface area contributed by atoms with E-state index in [4.69, 9.17) is 0 Å². The third-order valence-corrected chi connectivity index (χ3v) is 3.32. The summed E-state index contributed by atoms with van der Waals surface area (Å²) in [6.45, 7) is 0.861. The van der Waals surface area contributed by atoms with Gasteiger partial charge < -0.3 is 14.8 Å². The number of hydrogen-bond donors (Lipinski definition) is 1. The van der Waals surface area contributed by atoms with E-state index in [9.17, 15) is 13.2 Å². The van der Waals surface area contributed by atoms with Crippen molar-refractivity contribution in [2.45, 2.75) is 19.3 Å². The van der Waals surface area contributed by atoms with Crippen molar-refractivity contribution in [3.05, 3.63) is 29.8 Å². The van der Waals surface area contributed by atoms with Crippen LogP contribution in [0.1, 0.15) is 11.6 Å². The SMILES string of the molecule is CNc1cccc(N2CCn3c(nnc3C(F)(F)F)C2)n1. The molecule has 0 saturated carbocycles. The van der Waals surface area contributed by atoms with Gasteiger partial charge in [-0.3, -0.25) is 0 Å². The number of fused-ring (bicyclic) bond motifs is 1. The van der Waals surface area contributed by atoms with Crippen LogP contribution in [0.2, 0.25) is 0 Å². The van der Waals surface area contributed by atoms with E-state index < -0.39 is 12.0 Å². The number of anilines is 2. The molecule has 0 radical (unpaired) electrons. The molecular weight excluding hydrogens is 285 g/mol. The molecule has 9 heteroatoms. The quantitative estimate of drug-likeness (QED) is 0.915. The van der Waals surface area contributed by atoms with Crippen LogP contribution in [0.3, 0.4) is 0 Å². The molecule has 0 atom stereocenters. The number of rotatable bonds is 2. The molecule has 0 aliphatic carbocycles. The summed E-state index contributed by atoms with van der Waals surface area (Å²) in [4.78, 5) is 6.26. The van der Waals surface area contributed by atoms with Gasteiger partial charge in [0.1, 0.15) is 11.6 Å². The average molecular weight is 298 g/mol. The van der Waals surface area contributed by atoms with Crippen LogP contribution in [0, 0.1) is 0 Å². The molecule has 2 aromatic heterocycles. The molecular formula is C12H13F3N6. The first-order valence-corrected chi connectivity index (χ1v) is 6.38. The van der Waals surface area contributed by atoms with Crippen LogP contribution in [0.4, 0.5) is 24.8 Å². The Morgan fingerprint density at radius 2 is 2.00 bits per heavy atom. The van der Waals surface area contributed by atoms with E-state index in [0.29, 0.717) is 24.0 Å². The summed E-state index contributed by atoms with van der Waals surface area (Å²) in [5, 5.41) is 9.84. The van der Waals surface area contributed by atoms with E-state index in [1.807, 2.05) is 23.1 Å². The summed E-state index contributed by atoms with van der Waals surface area (Å²) in [5.74, 6) is 0.763. The zero-order valence-corrected chi connectivity index (χ0v) is 11.2. The molecule has 2 aromatic rings. The van der Waals surface area contributed by atoms with E-state index >= 15 is 0 Å². The second-order valence-electron chi connectivity index (χ2n) is 4.64. The molecule has 0 fully saturated rings. The van der Waals surface area contributed by atoms with Crippen molar-refractivity contribution in [1.29, 1.82) is 0 Å². The molecule has 6 nitrogen and oxygen atoms in total. The summed E-state index contributed by atoms with van der Waals surface area (Å²) in [5.41, 5.74) is 0. The summed E-state index contributed by atoms with van der Waals surface area (Å²) in [6, 6.07) is 5.48. The maximum absolute atomic E-state index is 12.8. The smallest absolute Gasteiger partial charge is 0.373 e. The minimum absolute atomic E-state index is 0.183. The first kappa shape index (κ1) is 13.7. The predicted molar refractivity (Wildman–Crippen MR) is 69.9 cm³/mol. The van der Waals surface area contributed by atoms with E-state index in [1.165, 1.54) is 0 Å². The number of nitrogens with zero attached hydrogens (tertiary/aromatic N) is 5. The fourth-order valence-corrected chi connectivity index (χ4v) is 2.30. The minimum atomic E-state index is -4.47. The first-order valence-electron chi connectivity index (χ1n) is 6.38. The maximum atomic E-state index is 12.8. The molecule has 0 spiro atoms. The van der Waals surface area contributed by atoms with Gasteiger partial charge in [0, 0.05) is 20.1 Å². The Morgan fingerprint density at radius 1 is 1.19 bits per heavy atom. The summed E-state index contributed by atoms with van der Waals surface area (Å²) < 4.78 is 39.4.